The van der Waals surface area contributed by atoms with Gasteiger partial charge in [0.15, 0.2) is 13.2 Å². The molecule has 2 aromatic rings. The van der Waals surface area contributed by atoms with E-state index < -0.39 is 0 Å². The van der Waals surface area contributed by atoms with Gasteiger partial charge in [-0.2, -0.15) is 0 Å². The summed E-state index contributed by atoms with van der Waals surface area (Å²) in [5, 5.41) is 3.04. The minimum atomic E-state index is 0.0147. The molecular formula is C25H32N3O3+. The fraction of sp³-hybridized carbons (Fsp3) is 0.440. The molecule has 0 aromatic heterocycles. The normalized spacial score (nSPS) is 16.1. The average Bonchev–Trinajstić information content (AvgIpc) is 3.26. The number of nitrogens with one attached hydrogen (secondary N) is 2. The Morgan fingerprint density at radius 2 is 1.84 bits per heavy atom. The lowest BCUT2D eigenvalue weighted by Crippen LogP contribution is -3.15. The van der Waals surface area contributed by atoms with Crippen LogP contribution in [0.25, 0.3) is 0 Å². The lowest BCUT2D eigenvalue weighted by atomic mass is 10.1. The summed E-state index contributed by atoms with van der Waals surface area (Å²) >= 11 is 0. The molecule has 1 aliphatic heterocycles. The number of piperazine rings is 1. The van der Waals surface area contributed by atoms with E-state index in [0.717, 1.165) is 49.4 Å². The molecule has 164 valence electrons. The largest absolute Gasteiger partial charge is 0.484 e. The molecular weight excluding hydrogens is 390 g/mol. The number of fused-ring (bicyclic) bond motifs is 1. The SMILES string of the molecule is CCc1ccccc1NC(=O)C[NH+]1CCN(C(=O)COc2ccc3c(c2)CCC3)CC1. The van der Waals surface area contributed by atoms with Crippen LogP contribution in [-0.2, 0) is 28.9 Å². The van der Waals surface area contributed by atoms with Crippen molar-refractivity contribution in [2.75, 3.05) is 44.6 Å². The Kier molecular flexibility index (Phi) is 6.87. The van der Waals surface area contributed by atoms with E-state index in [-0.39, 0.29) is 18.4 Å². The topological polar surface area (TPSA) is 63.1 Å². The first-order chi connectivity index (χ1) is 15.1. The summed E-state index contributed by atoms with van der Waals surface area (Å²) in [6.07, 6.45) is 4.33. The Morgan fingerprint density at radius 3 is 2.65 bits per heavy atom. The van der Waals surface area contributed by atoms with Crippen LogP contribution >= 0.6 is 0 Å². The summed E-state index contributed by atoms with van der Waals surface area (Å²) in [7, 11) is 0. The number of ether oxygens (including phenoxy) is 1. The molecule has 31 heavy (non-hydrogen) atoms. The molecule has 4 rings (SSSR count). The van der Waals surface area contributed by atoms with Crippen LogP contribution in [0.5, 0.6) is 5.75 Å². The van der Waals surface area contributed by atoms with E-state index in [1.165, 1.54) is 22.4 Å². The maximum absolute atomic E-state index is 12.6. The van der Waals surface area contributed by atoms with Gasteiger partial charge in [-0.1, -0.05) is 31.2 Å². The summed E-state index contributed by atoms with van der Waals surface area (Å²) < 4.78 is 5.76. The fourth-order valence-corrected chi connectivity index (χ4v) is 4.50. The highest BCUT2D eigenvalue weighted by atomic mass is 16.5. The lowest BCUT2D eigenvalue weighted by Gasteiger charge is -2.31. The third-order valence-corrected chi connectivity index (χ3v) is 6.34. The second-order valence-electron chi connectivity index (χ2n) is 8.44. The summed E-state index contributed by atoms with van der Waals surface area (Å²) in [6.45, 7) is 5.43. The van der Waals surface area contributed by atoms with Crippen LogP contribution in [0.3, 0.4) is 0 Å². The molecule has 0 bridgehead atoms. The number of hydrogen-bond acceptors (Lipinski definition) is 3. The number of quaternary nitrogens is 1. The highest BCUT2D eigenvalue weighted by Gasteiger charge is 2.25. The van der Waals surface area contributed by atoms with Crippen LogP contribution in [0.4, 0.5) is 5.69 Å². The number of nitrogens with zero attached hydrogens (tertiary/aromatic N) is 1. The zero-order valence-electron chi connectivity index (χ0n) is 18.3. The lowest BCUT2D eigenvalue weighted by molar-refractivity contribution is -0.895. The average molecular weight is 423 g/mol. The molecule has 6 heteroatoms. The Hall–Kier alpha value is -2.86. The van der Waals surface area contributed by atoms with Crippen molar-refractivity contribution in [1.29, 1.82) is 0 Å². The predicted molar refractivity (Wildman–Crippen MR) is 121 cm³/mol. The van der Waals surface area contributed by atoms with E-state index >= 15 is 0 Å². The van der Waals surface area contributed by atoms with E-state index in [0.29, 0.717) is 19.6 Å². The molecule has 0 saturated carbocycles. The number of hydrogen-bond donors (Lipinski definition) is 2. The van der Waals surface area contributed by atoms with Crippen molar-refractivity contribution in [2.24, 2.45) is 0 Å². The standard InChI is InChI=1S/C25H31N3O3/c1-2-19-6-3-4-9-23(19)26-24(29)17-27-12-14-28(15-13-27)25(30)18-31-22-11-10-20-7-5-8-21(20)16-22/h3-4,6,9-11,16H,2,5,7-8,12-15,17-18H2,1H3,(H,26,29)/p+1. The fourth-order valence-electron chi connectivity index (χ4n) is 4.50. The number of carbonyl (C=O) groups is 2. The Morgan fingerprint density at radius 1 is 1.06 bits per heavy atom. The Labute approximate surface area is 184 Å². The van der Waals surface area contributed by atoms with Crippen molar-refractivity contribution in [3.63, 3.8) is 0 Å². The second-order valence-corrected chi connectivity index (χ2v) is 8.44. The van der Waals surface area contributed by atoms with Gasteiger partial charge in [0.05, 0.1) is 26.2 Å². The smallest absolute Gasteiger partial charge is 0.279 e. The van der Waals surface area contributed by atoms with Gasteiger partial charge in [-0.25, -0.2) is 0 Å². The van der Waals surface area contributed by atoms with Crippen LogP contribution in [0.15, 0.2) is 42.5 Å². The molecule has 2 amide bonds. The van der Waals surface area contributed by atoms with Gasteiger partial charge in [0, 0.05) is 5.69 Å². The van der Waals surface area contributed by atoms with E-state index in [2.05, 4.69) is 24.4 Å². The third kappa shape index (κ3) is 5.44. The first kappa shape index (κ1) is 21.4. The van der Waals surface area contributed by atoms with Gasteiger partial charge < -0.3 is 19.9 Å². The molecule has 0 unspecified atom stereocenters. The van der Waals surface area contributed by atoms with Gasteiger partial charge in [0.2, 0.25) is 0 Å². The Bertz CT molecular complexity index is 935. The molecule has 2 aliphatic rings. The molecule has 0 atom stereocenters. The van der Waals surface area contributed by atoms with Crippen molar-refractivity contribution < 1.29 is 19.2 Å². The maximum atomic E-state index is 12.6. The molecule has 0 radical (unpaired) electrons. The molecule has 6 nitrogen and oxygen atoms in total. The minimum absolute atomic E-state index is 0.0147. The third-order valence-electron chi connectivity index (χ3n) is 6.34. The maximum Gasteiger partial charge on any atom is 0.279 e. The van der Waals surface area contributed by atoms with Gasteiger partial charge in [-0.05, 0) is 60.6 Å². The van der Waals surface area contributed by atoms with Crippen molar-refractivity contribution in [3.8, 4) is 5.75 Å². The van der Waals surface area contributed by atoms with Gasteiger partial charge in [0.25, 0.3) is 11.8 Å². The first-order valence-corrected chi connectivity index (χ1v) is 11.4. The van der Waals surface area contributed by atoms with Gasteiger partial charge in [0.1, 0.15) is 5.75 Å². The van der Waals surface area contributed by atoms with Gasteiger partial charge in [-0.15, -0.1) is 0 Å². The summed E-state index contributed by atoms with van der Waals surface area (Å²) in [6, 6.07) is 14.1. The summed E-state index contributed by atoms with van der Waals surface area (Å²) in [4.78, 5) is 28.1. The van der Waals surface area contributed by atoms with E-state index in [4.69, 9.17) is 4.74 Å². The van der Waals surface area contributed by atoms with Crippen molar-refractivity contribution in [2.45, 2.75) is 32.6 Å². The molecule has 2 N–H and O–H groups in total. The molecule has 2 aromatic carbocycles. The van der Waals surface area contributed by atoms with Gasteiger partial charge in [-0.3, -0.25) is 9.59 Å². The van der Waals surface area contributed by atoms with Crippen LogP contribution in [0.1, 0.15) is 30.0 Å². The number of para-hydroxylation sites is 1. The quantitative estimate of drug-likeness (QED) is 0.711. The second kappa shape index (κ2) is 9.96. The zero-order chi connectivity index (χ0) is 21.6. The van der Waals surface area contributed by atoms with E-state index in [9.17, 15) is 9.59 Å². The minimum Gasteiger partial charge on any atom is -0.484 e. The highest BCUT2D eigenvalue weighted by Crippen LogP contribution is 2.26. The van der Waals surface area contributed by atoms with E-state index in [1.54, 1.807) is 0 Å². The monoisotopic (exact) mass is 422 g/mol. The van der Waals surface area contributed by atoms with Crippen molar-refractivity contribution >= 4 is 17.5 Å². The van der Waals surface area contributed by atoms with Crippen LogP contribution in [0.2, 0.25) is 0 Å². The molecule has 1 saturated heterocycles. The Balaban J connectivity index is 1.20. The van der Waals surface area contributed by atoms with Crippen LogP contribution in [0, 0.1) is 0 Å². The van der Waals surface area contributed by atoms with Crippen LogP contribution < -0.4 is 15.0 Å². The number of rotatable bonds is 7. The number of anilines is 1. The number of carbonyl (C=O) groups excluding carboxylic acids is 2. The van der Waals surface area contributed by atoms with Crippen LogP contribution in [-0.4, -0.2) is 56.0 Å². The number of amides is 2. The molecule has 1 heterocycles. The number of aryl methyl sites for hydroxylation is 3. The number of benzene rings is 2. The zero-order valence-corrected chi connectivity index (χ0v) is 18.3. The molecule has 1 aliphatic carbocycles. The highest BCUT2D eigenvalue weighted by molar-refractivity contribution is 5.92. The van der Waals surface area contributed by atoms with E-state index in [1.807, 2.05) is 35.2 Å². The predicted octanol–water partition coefficient (Wildman–Crippen LogP) is 1.48. The summed E-state index contributed by atoms with van der Waals surface area (Å²) in [5.41, 5.74) is 4.79. The summed E-state index contributed by atoms with van der Waals surface area (Å²) in [5.74, 6) is 0.818. The molecule has 1 fully saturated rings. The molecule has 0 spiro atoms. The van der Waals surface area contributed by atoms with Gasteiger partial charge >= 0.3 is 0 Å². The van der Waals surface area contributed by atoms with Crippen molar-refractivity contribution in [3.05, 3.63) is 59.2 Å². The first-order valence-electron chi connectivity index (χ1n) is 11.4. The van der Waals surface area contributed by atoms with Crippen molar-refractivity contribution in [1.82, 2.24) is 4.90 Å².